The predicted octanol–water partition coefficient (Wildman–Crippen LogP) is 3.96. The van der Waals surface area contributed by atoms with Gasteiger partial charge in [-0.25, -0.2) is 4.39 Å². The van der Waals surface area contributed by atoms with Gasteiger partial charge in [-0.2, -0.15) is 5.26 Å². The van der Waals surface area contributed by atoms with Crippen molar-refractivity contribution in [1.82, 2.24) is 0 Å². The van der Waals surface area contributed by atoms with Crippen LogP contribution in [0, 0.1) is 17.1 Å². The van der Waals surface area contributed by atoms with Gasteiger partial charge >= 0.3 is 0 Å². The first-order chi connectivity index (χ1) is 9.28. The van der Waals surface area contributed by atoms with Gasteiger partial charge in [-0.3, -0.25) is 0 Å². The number of hydrogen-bond donors (Lipinski definition) is 1. The summed E-state index contributed by atoms with van der Waals surface area (Å²) in [6.45, 7) is 0. The van der Waals surface area contributed by atoms with Crippen LogP contribution in [-0.2, 0) is 0 Å². The number of hydrogen-bond acceptors (Lipinski definition) is 3. The molecule has 19 heavy (non-hydrogen) atoms. The molecule has 2 nitrogen and oxygen atoms in total. The van der Waals surface area contributed by atoms with Crippen molar-refractivity contribution in [1.29, 1.82) is 5.26 Å². The SMILES string of the molecule is N#Cc1ccc(NC2CSc3ccccc32)c(F)c1. The number of nitriles is 1. The zero-order chi connectivity index (χ0) is 13.2. The Hall–Kier alpha value is -1.99. The van der Waals surface area contributed by atoms with Gasteiger partial charge < -0.3 is 5.32 Å². The van der Waals surface area contributed by atoms with E-state index in [0.29, 0.717) is 11.3 Å². The fourth-order valence-electron chi connectivity index (χ4n) is 2.17. The normalized spacial score (nSPS) is 16.7. The van der Waals surface area contributed by atoms with Crippen molar-refractivity contribution in [2.24, 2.45) is 0 Å². The predicted molar refractivity (Wildman–Crippen MR) is 74.6 cm³/mol. The molecule has 0 amide bonds. The highest BCUT2D eigenvalue weighted by Crippen LogP contribution is 2.39. The maximum absolute atomic E-state index is 13.8. The number of benzene rings is 2. The highest BCUT2D eigenvalue weighted by molar-refractivity contribution is 7.99. The minimum Gasteiger partial charge on any atom is -0.375 e. The zero-order valence-electron chi connectivity index (χ0n) is 10.1. The maximum Gasteiger partial charge on any atom is 0.147 e. The number of anilines is 1. The van der Waals surface area contributed by atoms with Crippen molar-refractivity contribution in [3.05, 3.63) is 59.4 Å². The molecule has 1 atom stereocenters. The van der Waals surface area contributed by atoms with Gasteiger partial charge in [0.2, 0.25) is 0 Å². The largest absolute Gasteiger partial charge is 0.375 e. The second kappa shape index (κ2) is 4.94. The molecule has 2 aromatic carbocycles. The Balaban J connectivity index is 1.86. The van der Waals surface area contributed by atoms with Crippen molar-refractivity contribution in [2.75, 3.05) is 11.1 Å². The Kier molecular flexibility index (Phi) is 3.14. The Morgan fingerprint density at radius 2 is 2.11 bits per heavy atom. The summed E-state index contributed by atoms with van der Waals surface area (Å²) in [6.07, 6.45) is 0. The molecule has 0 spiro atoms. The van der Waals surface area contributed by atoms with Gasteiger partial charge in [-0.05, 0) is 29.8 Å². The molecule has 3 rings (SSSR count). The van der Waals surface area contributed by atoms with Crippen LogP contribution in [0.1, 0.15) is 17.2 Å². The van der Waals surface area contributed by atoms with Crippen LogP contribution in [0.3, 0.4) is 0 Å². The lowest BCUT2D eigenvalue weighted by molar-refractivity contribution is 0.627. The third kappa shape index (κ3) is 2.29. The number of nitrogens with zero attached hydrogens (tertiary/aromatic N) is 1. The van der Waals surface area contributed by atoms with E-state index in [9.17, 15) is 4.39 Å². The molecule has 2 aromatic rings. The minimum atomic E-state index is -0.381. The van der Waals surface area contributed by atoms with Crippen molar-refractivity contribution in [3.63, 3.8) is 0 Å². The molecule has 0 radical (unpaired) electrons. The summed E-state index contributed by atoms with van der Waals surface area (Å²) in [5, 5.41) is 11.9. The van der Waals surface area contributed by atoms with E-state index < -0.39 is 0 Å². The van der Waals surface area contributed by atoms with E-state index in [-0.39, 0.29) is 11.9 Å². The van der Waals surface area contributed by atoms with Crippen LogP contribution in [0.15, 0.2) is 47.4 Å². The average molecular weight is 270 g/mol. The summed E-state index contributed by atoms with van der Waals surface area (Å²) in [5.41, 5.74) is 1.99. The van der Waals surface area contributed by atoms with Crippen LogP contribution < -0.4 is 5.32 Å². The first kappa shape index (κ1) is 12.1. The van der Waals surface area contributed by atoms with E-state index in [4.69, 9.17) is 5.26 Å². The second-order valence-electron chi connectivity index (χ2n) is 4.35. The fourth-order valence-corrected chi connectivity index (χ4v) is 3.33. The molecule has 1 N–H and O–H groups in total. The number of halogens is 1. The molecule has 1 heterocycles. The Labute approximate surface area is 115 Å². The minimum absolute atomic E-state index is 0.114. The average Bonchev–Trinajstić information content (AvgIpc) is 2.84. The van der Waals surface area contributed by atoms with Crippen molar-refractivity contribution < 1.29 is 4.39 Å². The van der Waals surface area contributed by atoms with E-state index in [1.165, 1.54) is 16.5 Å². The Morgan fingerprint density at radius 3 is 2.89 bits per heavy atom. The molecule has 0 saturated heterocycles. The molecule has 1 unspecified atom stereocenters. The molecule has 94 valence electrons. The molecule has 4 heteroatoms. The smallest absolute Gasteiger partial charge is 0.147 e. The molecule has 0 bridgehead atoms. The molecule has 0 aliphatic carbocycles. The molecule has 0 saturated carbocycles. The van der Waals surface area contributed by atoms with Crippen molar-refractivity contribution in [3.8, 4) is 6.07 Å². The van der Waals surface area contributed by atoms with Gasteiger partial charge in [-0.1, -0.05) is 18.2 Å². The first-order valence-corrected chi connectivity index (χ1v) is 6.94. The van der Waals surface area contributed by atoms with Crippen LogP contribution in [0.4, 0.5) is 10.1 Å². The second-order valence-corrected chi connectivity index (χ2v) is 5.41. The van der Waals surface area contributed by atoms with Crippen LogP contribution >= 0.6 is 11.8 Å². The van der Waals surface area contributed by atoms with Crippen LogP contribution in [0.2, 0.25) is 0 Å². The summed E-state index contributed by atoms with van der Waals surface area (Å²) in [5.74, 6) is 0.507. The van der Waals surface area contributed by atoms with Crippen molar-refractivity contribution in [2.45, 2.75) is 10.9 Å². The Morgan fingerprint density at radius 1 is 1.26 bits per heavy atom. The third-order valence-electron chi connectivity index (χ3n) is 3.13. The highest BCUT2D eigenvalue weighted by atomic mass is 32.2. The Bertz CT molecular complexity index is 663. The van der Waals surface area contributed by atoms with Gasteiger partial charge in [0.25, 0.3) is 0 Å². The lowest BCUT2D eigenvalue weighted by Gasteiger charge is -2.15. The standard InChI is InChI=1S/C15H11FN2S/c16-12-7-10(8-17)5-6-13(12)18-14-9-19-15-4-2-1-3-11(14)15/h1-7,14,18H,9H2. The molecule has 0 aromatic heterocycles. The molecule has 1 aliphatic heterocycles. The summed E-state index contributed by atoms with van der Waals surface area (Å²) < 4.78 is 13.8. The molecule has 1 aliphatic rings. The van der Waals surface area contributed by atoms with E-state index >= 15 is 0 Å². The van der Waals surface area contributed by atoms with Gasteiger partial charge in [-0.15, -0.1) is 11.8 Å². The summed E-state index contributed by atoms with van der Waals surface area (Å²) in [6, 6.07) is 14.7. The summed E-state index contributed by atoms with van der Waals surface area (Å²) in [4.78, 5) is 1.24. The van der Waals surface area contributed by atoms with Crippen LogP contribution in [-0.4, -0.2) is 5.75 Å². The zero-order valence-corrected chi connectivity index (χ0v) is 10.9. The maximum atomic E-state index is 13.8. The highest BCUT2D eigenvalue weighted by Gasteiger charge is 2.23. The van der Waals surface area contributed by atoms with Gasteiger partial charge in [0, 0.05) is 10.6 Å². The third-order valence-corrected chi connectivity index (χ3v) is 4.31. The number of thioether (sulfide) groups is 1. The van der Waals surface area contributed by atoms with Gasteiger partial charge in [0.1, 0.15) is 5.82 Å². The van der Waals surface area contributed by atoms with E-state index in [2.05, 4.69) is 17.4 Å². The van der Waals surface area contributed by atoms with Gasteiger partial charge in [0.05, 0.1) is 23.4 Å². The van der Waals surface area contributed by atoms with E-state index in [1.54, 1.807) is 23.9 Å². The van der Waals surface area contributed by atoms with Gasteiger partial charge in [0.15, 0.2) is 0 Å². The quantitative estimate of drug-likeness (QED) is 0.897. The lowest BCUT2D eigenvalue weighted by Crippen LogP contribution is -2.10. The number of rotatable bonds is 2. The monoisotopic (exact) mass is 270 g/mol. The van der Waals surface area contributed by atoms with E-state index in [1.807, 2.05) is 18.2 Å². The number of nitrogens with one attached hydrogen (secondary N) is 1. The van der Waals surface area contributed by atoms with Crippen molar-refractivity contribution >= 4 is 17.4 Å². The summed E-state index contributed by atoms with van der Waals surface area (Å²) >= 11 is 1.77. The topological polar surface area (TPSA) is 35.8 Å². The van der Waals surface area contributed by atoms with Crippen LogP contribution in [0.5, 0.6) is 0 Å². The van der Waals surface area contributed by atoms with Crippen LogP contribution in [0.25, 0.3) is 0 Å². The van der Waals surface area contributed by atoms with E-state index in [0.717, 1.165) is 5.75 Å². The molecule has 0 fully saturated rings. The first-order valence-electron chi connectivity index (χ1n) is 5.96. The fraction of sp³-hybridized carbons (Fsp3) is 0.133. The number of fused-ring (bicyclic) bond motifs is 1. The lowest BCUT2D eigenvalue weighted by atomic mass is 10.1. The summed E-state index contributed by atoms with van der Waals surface area (Å²) in [7, 11) is 0. The molecular weight excluding hydrogens is 259 g/mol. The molecular formula is C15H11FN2S.